The van der Waals surface area contributed by atoms with Gasteiger partial charge < -0.3 is 9.47 Å². The summed E-state index contributed by atoms with van der Waals surface area (Å²) in [6.45, 7) is 0. The number of hydrogen-bond acceptors (Lipinski definition) is 2. The van der Waals surface area contributed by atoms with E-state index in [0.29, 0.717) is 12.1 Å². The van der Waals surface area contributed by atoms with E-state index in [0.717, 1.165) is 12.3 Å². The number of alkyl halides is 6. The Kier molecular flexibility index (Phi) is 5.67. The molecule has 2 aromatic rings. The van der Waals surface area contributed by atoms with Crippen LogP contribution in [0.5, 0.6) is 11.5 Å². The first-order chi connectivity index (χ1) is 12.4. The highest BCUT2D eigenvalue weighted by molar-refractivity contribution is 5.52. The number of rotatable bonds is 4. The molecule has 0 amide bonds. The summed E-state index contributed by atoms with van der Waals surface area (Å²) >= 11 is 0. The lowest BCUT2D eigenvalue weighted by Crippen LogP contribution is -2.11. The fourth-order valence-electron chi connectivity index (χ4n) is 2.00. The molecule has 0 spiro atoms. The highest BCUT2D eigenvalue weighted by atomic mass is 19.4. The minimum atomic E-state index is -5.10. The lowest BCUT2D eigenvalue weighted by atomic mass is 10.1. The van der Waals surface area contributed by atoms with Gasteiger partial charge in [0, 0.05) is 11.6 Å². The fourth-order valence-corrected chi connectivity index (χ4v) is 2.00. The lowest BCUT2D eigenvalue weighted by molar-refractivity contribution is -0.143. The average Bonchev–Trinajstić information content (AvgIpc) is 2.54. The third-order valence-corrected chi connectivity index (χ3v) is 3.22. The molecular formula is C17H10F8O2. The van der Waals surface area contributed by atoms with Gasteiger partial charge in [-0.05, 0) is 30.3 Å². The summed E-state index contributed by atoms with van der Waals surface area (Å²) in [5, 5.41) is 0. The molecule has 0 fully saturated rings. The van der Waals surface area contributed by atoms with Gasteiger partial charge in [-0.25, -0.2) is 8.78 Å². The van der Waals surface area contributed by atoms with Crippen LogP contribution in [0.2, 0.25) is 0 Å². The van der Waals surface area contributed by atoms with Gasteiger partial charge in [0.1, 0.15) is 11.6 Å². The molecule has 0 aromatic heterocycles. The number of methoxy groups -OCH3 is 1. The van der Waals surface area contributed by atoms with E-state index in [2.05, 4.69) is 4.74 Å². The van der Waals surface area contributed by atoms with Gasteiger partial charge in [0.2, 0.25) is 0 Å². The lowest BCUT2D eigenvalue weighted by Gasteiger charge is -2.15. The molecule has 0 N–H and O–H groups in total. The van der Waals surface area contributed by atoms with Gasteiger partial charge in [0.05, 0.1) is 24.5 Å². The summed E-state index contributed by atoms with van der Waals surface area (Å²) in [5.74, 6) is -4.05. The highest BCUT2D eigenvalue weighted by Gasteiger charge is 2.37. The summed E-state index contributed by atoms with van der Waals surface area (Å²) in [4.78, 5) is 0. The molecule has 0 unspecified atom stereocenters. The van der Waals surface area contributed by atoms with Crippen molar-refractivity contribution in [1.82, 2.24) is 0 Å². The molecule has 0 aliphatic rings. The molecule has 0 saturated carbocycles. The van der Waals surface area contributed by atoms with Crippen molar-refractivity contribution < 1.29 is 44.6 Å². The monoisotopic (exact) mass is 398 g/mol. The zero-order valence-corrected chi connectivity index (χ0v) is 13.4. The Labute approximate surface area is 147 Å². The Morgan fingerprint density at radius 3 is 1.81 bits per heavy atom. The predicted octanol–water partition coefficient (Wildman–Crippen LogP) is 6.41. The topological polar surface area (TPSA) is 18.5 Å². The van der Waals surface area contributed by atoms with E-state index in [-0.39, 0.29) is 23.8 Å². The Bertz CT molecular complexity index is 821. The minimum Gasteiger partial charge on any atom is -0.504 e. The SMILES string of the molecule is CO/C=C/c1cc(F)c(Oc2cc(C(F)(F)F)cc(C(F)(F)F)c2)cc1F. The van der Waals surface area contributed by atoms with Crippen molar-refractivity contribution in [2.45, 2.75) is 12.4 Å². The normalized spacial score (nSPS) is 12.5. The van der Waals surface area contributed by atoms with Crippen molar-refractivity contribution >= 4 is 6.08 Å². The molecule has 10 heteroatoms. The molecule has 0 heterocycles. The molecule has 0 saturated heterocycles. The highest BCUT2D eigenvalue weighted by Crippen LogP contribution is 2.39. The standard InChI is InChI=1S/C17H10F8O2/c1-26-3-2-9-4-14(19)15(8-13(9)18)27-12-6-10(16(20,21)22)5-11(7-12)17(23,24)25/h2-8H,1H3/b3-2+. The maximum Gasteiger partial charge on any atom is 0.416 e. The van der Waals surface area contributed by atoms with Crippen LogP contribution in [-0.2, 0) is 17.1 Å². The summed E-state index contributed by atoms with van der Waals surface area (Å²) in [6.07, 6.45) is -8.09. The van der Waals surface area contributed by atoms with Crippen molar-refractivity contribution in [2.24, 2.45) is 0 Å². The third-order valence-electron chi connectivity index (χ3n) is 3.22. The first kappa shape index (κ1) is 20.5. The summed E-state index contributed by atoms with van der Waals surface area (Å²) in [6, 6.07) is 1.55. The van der Waals surface area contributed by atoms with Crippen LogP contribution < -0.4 is 4.74 Å². The summed E-state index contributed by atoms with van der Waals surface area (Å²) in [5.41, 5.74) is -3.55. The zero-order valence-electron chi connectivity index (χ0n) is 13.4. The first-order valence-electron chi connectivity index (χ1n) is 7.07. The second kappa shape index (κ2) is 7.45. The molecule has 0 aliphatic heterocycles. The fraction of sp³-hybridized carbons (Fsp3) is 0.176. The van der Waals surface area contributed by atoms with Gasteiger partial charge in [-0.1, -0.05) is 0 Å². The molecule has 2 aromatic carbocycles. The maximum atomic E-state index is 14.0. The van der Waals surface area contributed by atoms with E-state index in [4.69, 9.17) is 4.74 Å². The van der Waals surface area contributed by atoms with Gasteiger partial charge in [0.25, 0.3) is 0 Å². The summed E-state index contributed by atoms with van der Waals surface area (Å²) < 4.78 is 114. The van der Waals surface area contributed by atoms with Crippen molar-refractivity contribution in [1.29, 1.82) is 0 Å². The van der Waals surface area contributed by atoms with Crippen LogP contribution in [0.3, 0.4) is 0 Å². The van der Waals surface area contributed by atoms with Gasteiger partial charge in [-0.3, -0.25) is 0 Å². The van der Waals surface area contributed by atoms with E-state index in [1.807, 2.05) is 0 Å². The largest absolute Gasteiger partial charge is 0.504 e. The van der Waals surface area contributed by atoms with Crippen LogP contribution in [0.25, 0.3) is 6.08 Å². The number of ether oxygens (including phenoxy) is 2. The molecule has 0 aliphatic carbocycles. The second-order valence-electron chi connectivity index (χ2n) is 5.19. The van der Waals surface area contributed by atoms with Crippen LogP contribution in [0, 0.1) is 11.6 Å². The van der Waals surface area contributed by atoms with Crippen LogP contribution in [0.1, 0.15) is 16.7 Å². The van der Waals surface area contributed by atoms with Crippen LogP contribution in [-0.4, -0.2) is 7.11 Å². The molecule has 0 bridgehead atoms. The molecular weight excluding hydrogens is 388 g/mol. The third kappa shape index (κ3) is 5.11. The van der Waals surface area contributed by atoms with Gasteiger partial charge in [-0.2, -0.15) is 26.3 Å². The summed E-state index contributed by atoms with van der Waals surface area (Å²) in [7, 11) is 1.26. The second-order valence-corrected chi connectivity index (χ2v) is 5.19. The Hall–Kier alpha value is -2.78. The number of halogens is 8. The Morgan fingerprint density at radius 1 is 0.778 bits per heavy atom. The first-order valence-corrected chi connectivity index (χ1v) is 7.07. The quantitative estimate of drug-likeness (QED) is 0.438. The van der Waals surface area contributed by atoms with Crippen LogP contribution >= 0.6 is 0 Å². The van der Waals surface area contributed by atoms with Crippen molar-refractivity contribution in [3.05, 3.63) is 64.9 Å². The van der Waals surface area contributed by atoms with Gasteiger partial charge >= 0.3 is 12.4 Å². The van der Waals surface area contributed by atoms with Crippen molar-refractivity contribution in [2.75, 3.05) is 7.11 Å². The molecule has 27 heavy (non-hydrogen) atoms. The molecule has 146 valence electrons. The maximum absolute atomic E-state index is 14.0. The number of benzene rings is 2. The zero-order chi connectivity index (χ0) is 20.4. The minimum absolute atomic E-state index is 0.109. The molecule has 2 rings (SSSR count). The smallest absolute Gasteiger partial charge is 0.416 e. The number of hydrogen-bond donors (Lipinski definition) is 0. The van der Waals surface area contributed by atoms with Crippen LogP contribution in [0.15, 0.2) is 36.6 Å². The van der Waals surface area contributed by atoms with Gasteiger partial charge in [0.15, 0.2) is 11.6 Å². The Balaban J connectivity index is 2.48. The molecule has 0 atom stereocenters. The van der Waals surface area contributed by atoms with Crippen molar-refractivity contribution in [3.8, 4) is 11.5 Å². The van der Waals surface area contributed by atoms with Crippen LogP contribution in [0.4, 0.5) is 35.1 Å². The van der Waals surface area contributed by atoms with E-state index in [1.165, 1.54) is 7.11 Å². The predicted molar refractivity (Wildman–Crippen MR) is 78.9 cm³/mol. The van der Waals surface area contributed by atoms with Crippen molar-refractivity contribution in [3.63, 3.8) is 0 Å². The molecule has 0 radical (unpaired) electrons. The van der Waals surface area contributed by atoms with E-state index in [9.17, 15) is 35.1 Å². The average molecular weight is 398 g/mol. The van der Waals surface area contributed by atoms with Gasteiger partial charge in [-0.15, -0.1) is 0 Å². The molecule has 2 nitrogen and oxygen atoms in total. The Morgan fingerprint density at radius 2 is 1.33 bits per heavy atom. The van der Waals surface area contributed by atoms with E-state index >= 15 is 0 Å². The van der Waals surface area contributed by atoms with E-state index < -0.39 is 46.6 Å². The van der Waals surface area contributed by atoms with E-state index in [1.54, 1.807) is 0 Å².